The minimum absolute atomic E-state index is 0.00864. The Balaban J connectivity index is 1.72. The van der Waals surface area contributed by atoms with E-state index < -0.39 is 56.1 Å². The molecule has 214 valence electrons. The summed E-state index contributed by atoms with van der Waals surface area (Å²) in [5.41, 5.74) is 0.139. The number of ketones is 1. The van der Waals surface area contributed by atoms with E-state index in [0.717, 1.165) is 10.6 Å². The lowest BCUT2D eigenvalue weighted by Gasteiger charge is -2.23. The first-order valence-corrected chi connectivity index (χ1v) is 16.0. The van der Waals surface area contributed by atoms with Gasteiger partial charge in [-0.1, -0.05) is 26.0 Å². The van der Waals surface area contributed by atoms with Gasteiger partial charge in [-0.05, 0) is 61.6 Å². The molecule has 13 heteroatoms. The Morgan fingerprint density at radius 1 is 1.07 bits per heavy atom. The zero-order chi connectivity index (χ0) is 29.7. The molecule has 1 unspecified atom stereocenters. The van der Waals surface area contributed by atoms with Crippen LogP contribution in [0.1, 0.15) is 49.0 Å². The number of sulfonamides is 1. The van der Waals surface area contributed by atoms with Gasteiger partial charge in [-0.2, -0.15) is 9.57 Å². The molecule has 0 aliphatic carbocycles. The summed E-state index contributed by atoms with van der Waals surface area (Å²) in [5, 5.41) is 14.7. The first-order valence-electron chi connectivity index (χ1n) is 12.7. The average Bonchev–Trinajstić information content (AvgIpc) is 3.09. The summed E-state index contributed by atoms with van der Waals surface area (Å²) < 4.78 is 50.8. The molecule has 2 aromatic carbocycles. The van der Waals surface area contributed by atoms with Crippen LogP contribution < -0.4 is 10.6 Å². The van der Waals surface area contributed by atoms with Crippen LogP contribution in [0.15, 0.2) is 58.3 Å². The van der Waals surface area contributed by atoms with Gasteiger partial charge in [0.2, 0.25) is 15.9 Å². The summed E-state index contributed by atoms with van der Waals surface area (Å²) in [6.07, 6.45) is 1.81. The minimum atomic E-state index is -4.12. The molecule has 0 bridgehead atoms. The molecule has 1 saturated heterocycles. The van der Waals surface area contributed by atoms with Crippen LogP contribution in [0.2, 0.25) is 0 Å². The Bertz CT molecular complexity index is 1530. The Labute approximate surface area is 234 Å². The molecule has 1 heterocycles. The summed E-state index contributed by atoms with van der Waals surface area (Å²) in [6.45, 7) is 3.30. The second-order valence-electron chi connectivity index (χ2n) is 10.1. The number of rotatable bonds is 9. The van der Waals surface area contributed by atoms with E-state index in [1.54, 1.807) is 6.07 Å². The topological polar surface area (TPSA) is 171 Å². The van der Waals surface area contributed by atoms with Gasteiger partial charge in [0, 0.05) is 18.4 Å². The third kappa shape index (κ3) is 7.53. The van der Waals surface area contributed by atoms with Gasteiger partial charge in [-0.25, -0.2) is 16.8 Å². The van der Waals surface area contributed by atoms with Gasteiger partial charge < -0.3 is 10.6 Å². The van der Waals surface area contributed by atoms with Gasteiger partial charge in [0.05, 0.1) is 27.9 Å². The number of carbonyl (C=O) groups excluding carboxylic acids is 3. The number of nitrogens with one attached hydrogen (secondary N) is 2. The molecule has 2 aromatic rings. The van der Waals surface area contributed by atoms with Gasteiger partial charge in [-0.15, -0.1) is 0 Å². The van der Waals surface area contributed by atoms with Gasteiger partial charge in [0.15, 0.2) is 15.6 Å². The highest BCUT2D eigenvalue weighted by atomic mass is 32.2. The Hall–Kier alpha value is -3.60. The molecule has 0 spiro atoms. The predicted octanol–water partition coefficient (Wildman–Crippen LogP) is 1.64. The van der Waals surface area contributed by atoms with Crippen molar-refractivity contribution >= 4 is 37.5 Å². The molecule has 0 saturated carbocycles. The summed E-state index contributed by atoms with van der Waals surface area (Å²) in [5.74, 6) is -1.66. The van der Waals surface area contributed by atoms with Crippen molar-refractivity contribution in [2.24, 2.45) is 5.92 Å². The fourth-order valence-corrected chi connectivity index (χ4v) is 6.56. The third-order valence-corrected chi connectivity index (χ3v) is 9.47. The lowest BCUT2D eigenvalue weighted by atomic mass is 10.0. The van der Waals surface area contributed by atoms with Crippen molar-refractivity contribution < 1.29 is 31.2 Å². The normalized spacial score (nSPS) is 17.5. The molecule has 0 aromatic heterocycles. The summed E-state index contributed by atoms with van der Waals surface area (Å²) in [4.78, 5) is 39.0. The molecule has 1 aliphatic rings. The van der Waals surface area contributed by atoms with Crippen LogP contribution in [0, 0.1) is 17.2 Å². The van der Waals surface area contributed by atoms with Gasteiger partial charge in [0.1, 0.15) is 12.1 Å². The number of nitriles is 1. The lowest BCUT2D eigenvalue weighted by molar-refractivity contribution is -0.129. The van der Waals surface area contributed by atoms with Crippen LogP contribution in [0.25, 0.3) is 0 Å². The van der Waals surface area contributed by atoms with E-state index in [2.05, 4.69) is 10.6 Å². The smallest absolute Gasteiger partial charge is 0.251 e. The van der Waals surface area contributed by atoms with Gasteiger partial charge in [0.25, 0.3) is 5.91 Å². The average molecular weight is 589 g/mol. The summed E-state index contributed by atoms with van der Waals surface area (Å²) in [7, 11) is -7.56. The number of benzene rings is 2. The van der Waals surface area contributed by atoms with Crippen LogP contribution in [0.3, 0.4) is 0 Å². The van der Waals surface area contributed by atoms with Crippen LogP contribution >= 0.6 is 0 Å². The van der Waals surface area contributed by atoms with Gasteiger partial charge >= 0.3 is 0 Å². The fourth-order valence-electron chi connectivity index (χ4n) is 4.35. The quantitative estimate of drug-likeness (QED) is 0.445. The maximum Gasteiger partial charge on any atom is 0.251 e. The van der Waals surface area contributed by atoms with Crippen molar-refractivity contribution in [3.05, 3.63) is 59.7 Å². The summed E-state index contributed by atoms with van der Waals surface area (Å²) in [6, 6.07) is 11.0. The molecular formula is C27H32N4O7S2. The SMILES string of the molecule is CC(C)C[C@H](NC(=O)c1ccc(S(C)(=O)=O)cc1)C(=O)NC1CCCN(S(=O)(=O)c2ccccc2C#N)CC1=O. The Kier molecular flexibility index (Phi) is 9.83. The second-order valence-corrected chi connectivity index (χ2v) is 14.0. The zero-order valence-corrected chi connectivity index (χ0v) is 24.1. The predicted molar refractivity (Wildman–Crippen MR) is 146 cm³/mol. The molecule has 0 radical (unpaired) electrons. The van der Waals surface area contributed by atoms with Crippen molar-refractivity contribution in [1.82, 2.24) is 14.9 Å². The van der Waals surface area contributed by atoms with Crippen LogP contribution in [0.5, 0.6) is 0 Å². The largest absolute Gasteiger partial charge is 0.344 e. The van der Waals surface area contributed by atoms with E-state index in [-0.39, 0.29) is 46.2 Å². The number of hydrogen-bond donors (Lipinski definition) is 2. The van der Waals surface area contributed by atoms with Crippen molar-refractivity contribution in [3.63, 3.8) is 0 Å². The minimum Gasteiger partial charge on any atom is -0.344 e. The van der Waals surface area contributed by atoms with Crippen molar-refractivity contribution in [1.29, 1.82) is 5.26 Å². The Morgan fingerprint density at radius 3 is 2.33 bits per heavy atom. The maximum atomic E-state index is 13.2. The number of nitrogens with zero attached hydrogens (tertiary/aromatic N) is 2. The molecule has 11 nitrogen and oxygen atoms in total. The molecule has 2 atom stereocenters. The first kappa shape index (κ1) is 30.9. The molecule has 40 heavy (non-hydrogen) atoms. The van der Waals surface area contributed by atoms with Crippen molar-refractivity contribution in [3.8, 4) is 6.07 Å². The monoisotopic (exact) mass is 588 g/mol. The molecule has 2 N–H and O–H groups in total. The van der Waals surface area contributed by atoms with Crippen LogP contribution in [-0.2, 0) is 29.4 Å². The second kappa shape index (κ2) is 12.7. The van der Waals surface area contributed by atoms with E-state index in [1.807, 2.05) is 19.9 Å². The Morgan fingerprint density at radius 2 is 1.73 bits per heavy atom. The highest BCUT2D eigenvalue weighted by molar-refractivity contribution is 7.90. The first-order chi connectivity index (χ1) is 18.7. The number of carbonyl (C=O) groups is 3. The molecule has 2 amide bonds. The zero-order valence-electron chi connectivity index (χ0n) is 22.5. The number of sulfone groups is 1. The van der Waals surface area contributed by atoms with Crippen LogP contribution in [0.4, 0.5) is 0 Å². The molecule has 3 rings (SSSR count). The summed E-state index contributed by atoms with van der Waals surface area (Å²) >= 11 is 0. The maximum absolute atomic E-state index is 13.2. The number of Topliss-reactive ketones (excluding diaryl/α,β-unsaturated/α-hetero) is 1. The molecular weight excluding hydrogens is 556 g/mol. The van der Waals surface area contributed by atoms with Crippen LogP contribution in [-0.4, -0.2) is 70.2 Å². The fraction of sp³-hybridized carbons (Fsp3) is 0.407. The van der Waals surface area contributed by atoms with E-state index in [9.17, 15) is 36.5 Å². The standard InChI is InChI=1S/C27H32N4O7S2/c1-18(2)15-23(30-26(33)19-10-12-21(13-11-19)39(3,35)36)27(34)29-22-8-6-14-31(17-24(22)32)40(37,38)25-9-5-4-7-20(25)16-28/h4-5,7,9-13,18,22-23H,6,8,14-15,17H2,1-3H3,(H,29,34)(H,30,33)/t22?,23-/m0/s1. The van der Waals surface area contributed by atoms with Crippen molar-refractivity contribution in [2.45, 2.75) is 55.0 Å². The van der Waals surface area contributed by atoms with Gasteiger partial charge in [-0.3, -0.25) is 14.4 Å². The highest BCUT2D eigenvalue weighted by Crippen LogP contribution is 2.22. The third-order valence-electron chi connectivity index (χ3n) is 6.44. The van der Waals surface area contributed by atoms with E-state index in [1.165, 1.54) is 42.5 Å². The van der Waals surface area contributed by atoms with E-state index in [0.29, 0.717) is 6.42 Å². The molecule has 1 fully saturated rings. The lowest BCUT2D eigenvalue weighted by Crippen LogP contribution is -2.52. The van der Waals surface area contributed by atoms with E-state index in [4.69, 9.17) is 0 Å². The van der Waals surface area contributed by atoms with E-state index >= 15 is 0 Å². The molecule has 1 aliphatic heterocycles. The van der Waals surface area contributed by atoms with Crippen molar-refractivity contribution in [2.75, 3.05) is 19.3 Å². The number of hydrogen-bond acceptors (Lipinski definition) is 8. The number of amides is 2. The highest BCUT2D eigenvalue weighted by Gasteiger charge is 2.35.